The third-order valence-electron chi connectivity index (χ3n) is 4.23. The molecule has 0 bridgehead atoms. The first-order chi connectivity index (χ1) is 9.65. The van der Waals surface area contributed by atoms with Crippen molar-refractivity contribution in [3.63, 3.8) is 0 Å². The Labute approximate surface area is 126 Å². The standard InChI is InChI=1S/C16H23N3S/c1-18-10-8-14(9-11-18)19(2)16(12-17)13-4-6-15(20-3)7-5-13/h4-7,14,16H,8-11H2,1-3H3. The number of benzene rings is 1. The molecular weight excluding hydrogens is 266 g/mol. The second-order valence-electron chi connectivity index (χ2n) is 5.50. The largest absolute Gasteiger partial charge is 0.306 e. The summed E-state index contributed by atoms with van der Waals surface area (Å²) in [7, 11) is 4.26. The van der Waals surface area contributed by atoms with Crippen LogP contribution in [0, 0.1) is 11.3 Å². The molecule has 1 aromatic rings. The first-order valence-electron chi connectivity index (χ1n) is 7.09. The average Bonchev–Trinajstić information content (AvgIpc) is 2.49. The number of likely N-dealkylation sites (tertiary alicyclic amines) is 1. The minimum Gasteiger partial charge on any atom is -0.306 e. The molecule has 1 atom stereocenters. The van der Waals surface area contributed by atoms with Crippen LogP contribution in [0.25, 0.3) is 0 Å². The first kappa shape index (κ1) is 15.4. The van der Waals surface area contributed by atoms with Gasteiger partial charge >= 0.3 is 0 Å². The highest BCUT2D eigenvalue weighted by Gasteiger charge is 2.26. The Bertz CT molecular complexity index is 458. The molecule has 1 fully saturated rings. The minimum atomic E-state index is -0.140. The van der Waals surface area contributed by atoms with Gasteiger partial charge in [0.1, 0.15) is 6.04 Å². The normalized spacial score (nSPS) is 18.9. The molecule has 108 valence electrons. The summed E-state index contributed by atoms with van der Waals surface area (Å²) in [5, 5.41) is 9.55. The van der Waals surface area contributed by atoms with Gasteiger partial charge in [0.05, 0.1) is 6.07 Å². The van der Waals surface area contributed by atoms with Crippen LogP contribution in [0.3, 0.4) is 0 Å². The molecule has 1 heterocycles. The van der Waals surface area contributed by atoms with Crippen LogP contribution in [-0.2, 0) is 0 Å². The van der Waals surface area contributed by atoms with E-state index >= 15 is 0 Å². The van der Waals surface area contributed by atoms with E-state index in [1.54, 1.807) is 11.8 Å². The molecule has 1 unspecified atom stereocenters. The Balaban J connectivity index is 2.08. The van der Waals surface area contributed by atoms with Gasteiger partial charge in [0.25, 0.3) is 0 Å². The lowest BCUT2D eigenvalue weighted by Gasteiger charge is -2.37. The van der Waals surface area contributed by atoms with Crippen LogP contribution in [0.2, 0.25) is 0 Å². The quantitative estimate of drug-likeness (QED) is 0.797. The third kappa shape index (κ3) is 3.54. The highest BCUT2D eigenvalue weighted by atomic mass is 32.2. The fourth-order valence-electron chi connectivity index (χ4n) is 2.80. The molecule has 0 radical (unpaired) electrons. The lowest BCUT2D eigenvalue weighted by molar-refractivity contribution is 0.126. The van der Waals surface area contributed by atoms with E-state index in [1.807, 2.05) is 0 Å². The summed E-state index contributed by atoms with van der Waals surface area (Å²) < 4.78 is 0. The van der Waals surface area contributed by atoms with Gasteiger partial charge in [0.2, 0.25) is 0 Å². The molecule has 0 aliphatic carbocycles. The van der Waals surface area contributed by atoms with E-state index in [2.05, 4.69) is 60.5 Å². The van der Waals surface area contributed by atoms with Gasteiger partial charge in [-0.3, -0.25) is 4.90 Å². The minimum absolute atomic E-state index is 0.140. The zero-order valence-electron chi connectivity index (χ0n) is 12.5. The lowest BCUT2D eigenvalue weighted by Crippen LogP contribution is -2.43. The fourth-order valence-corrected chi connectivity index (χ4v) is 3.21. The second kappa shape index (κ2) is 7.12. The highest BCUT2D eigenvalue weighted by molar-refractivity contribution is 7.98. The predicted octanol–water partition coefficient (Wildman–Crippen LogP) is 3.00. The number of piperidine rings is 1. The lowest BCUT2D eigenvalue weighted by atomic mass is 9.99. The van der Waals surface area contributed by atoms with Crippen molar-refractivity contribution in [3.8, 4) is 6.07 Å². The third-order valence-corrected chi connectivity index (χ3v) is 4.97. The SMILES string of the molecule is CSc1ccc(C(C#N)N(C)C2CCN(C)CC2)cc1. The van der Waals surface area contributed by atoms with E-state index in [4.69, 9.17) is 0 Å². The summed E-state index contributed by atoms with van der Waals surface area (Å²) in [6, 6.07) is 11.2. The molecule has 3 nitrogen and oxygen atoms in total. The van der Waals surface area contributed by atoms with Crippen LogP contribution in [-0.4, -0.2) is 49.3 Å². The van der Waals surface area contributed by atoms with Crippen molar-refractivity contribution in [2.24, 2.45) is 0 Å². The Morgan fingerprint density at radius 3 is 2.40 bits per heavy atom. The number of nitrogens with zero attached hydrogens (tertiary/aromatic N) is 3. The van der Waals surface area contributed by atoms with Crippen LogP contribution >= 0.6 is 11.8 Å². The molecule has 4 heteroatoms. The molecule has 1 saturated heterocycles. The summed E-state index contributed by atoms with van der Waals surface area (Å²) in [4.78, 5) is 5.85. The van der Waals surface area contributed by atoms with Gasteiger partial charge in [0.15, 0.2) is 0 Å². The van der Waals surface area contributed by atoms with Crippen LogP contribution in [0.5, 0.6) is 0 Å². The maximum absolute atomic E-state index is 9.55. The van der Waals surface area contributed by atoms with Crippen LogP contribution in [0.15, 0.2) is 29.2 Å². The first-order valence-corrected chi connectivity index (χ1v) is 8.32. The summed E-state index contributed by atoms with van der Waals surface area (Å²) >= 11 is 1.73. The number of nitriles is 1. The van der Waals surface area contributed by atoms with Crippen molar-refractivity contribution < 1.29 is 0 Å². The number of hydrogen-bond acceptors (Lipinski definition) is 4. The van der Waals surface area contributed by atoms with E-state index < -0.39 is 0 Å². The monoisotopic (exact) mass is 289 g/mol. The number of hydrogen-bond donors (Lipinski definition) is 0. The summed E-state index contributed by atoms with van der Waals surface area (Å²) in [6.07, 6.45) is 4.36. The maximum atomic E-state index is 9.55. The summed E-state index contributed by atoms with van der Waals surface area (Å²) in [5.41, 5.74) is 1.10. The average molecular weight is 289 g/mol. The van der Waals surface area contributed by atoms with E-state index in [0.29, 0.717) is 6.04 Å². The molecule has 0 spiro atoms. The zero-order valence-corrected chi connectivity index (χ0v) is 13.4. The van der Waals surface area contributed by atoms with Crippen LogP contribution in [0.1, 0.15) is 24.4 Å². The number of thioether (sulfide) groups is 1. The van der Waals surface area contributed by atoms with Crippen molar-refractivity contribution in [3.05, 3.63) is 29.8 Å². The molecule has 0 N–H and O–H groups in total. The van der Waals surface area contributed by atoms with Crippen LogP contribution < -0.4 is 0 Å². The van der Waals surface area contributed by atoms with E-state index in [1.165, 1.54) is 4.90 Å². The van der Waals surface area contributed by atoms with Crippen molar-refractivity contribution >= 4 is 11.8 Å². The van der Waals surface area contributed by atoms with Crippen molar-refractivity contribution in [1.29, 1.82) is 5.26 Å². The summed E-state index contributed by atoms with van der Waals surface area (Å²) in [5.74, 6) is 0. The van der Waals surface area contributed by atoms with E-state index in [9.17, 15) is 5.26 Å². The second-order valence-corrected chi connectivity index (χ2v) is 6.38. The molecule has 0 aromatic heterocycles. The summed E-state index contributed by atoms with van der Waals surface area (Å²) in [6.45, 7) is 2.25. The molecule has 2 rings (SSSR count). The molecule has 1 aromatic carbocycles. The van der Waals surface area contributed by atoms with Gasteiger partial charge in [-0.2, -0.15) is 5.26 Å². The fraction of sp³-hybridized carbons (Fsp3) is 0.562. The Kier molecular flexibility index (Phi) is 5.47. The topological polar surface area (TPSA) is 30.3 Å². The van der Waals surface area contributed by atoms with Gasteiger partial charge in [0, 0.05) is 10.9 Å². The highest BCUT2D eigenvalue weighted by Crippen LogP contribution is 2.26. The Morgan fingerprint density at radius 1 is 1.30 bits per heavy atom. The Hall–Kier alpha value is -1.02. The molecular formula is C16H23N3S. The van der Waals surface area contributed by atoms with E-state index in [0.717, 1.165) is 31.5 Å². The van der Waals surface area contributed by atoms with Crippen molar-refractivity contribution in [1.82, 2.24) is 9.80 Å². The smallest absolute Gasteiger partial charge is 0.123 e. The Morgan fingerprint density at radius 2 is 1.90 bits per heavy atom. The van der Waals surface area contributed by atoms with Gasteiger partial charge < -0.3 is 4.90 Å². The molecule has 0 amide bonds. The molecule has 1 aliphatic rings. The maximum Gasteiger partial charge on any atom is 0.123 e. The number of rotatable bonds is 4. The van der Waals surface area contributed by atoms with Gasteiger partial charge in [-0.05, 0) is 64.0 Å². The van der Waals surface area contributed by atoms with Gasteiger partial charge in [-0.1, -0.05) is 12.1 Å². The van der Waals surface area contributed by atoms with Gasteiger partial charge in [-0.15, -0.1) is 11.8 Å². The molecule has 1 aliphatic heterocycles. The van der Waals surface area contributed by atoms with Crippen molar-refractivity contribution in [2.75, 3.05) is 33.4 Å². The predicted molar refractivity (Wildman–Crippen MR) is 84.9 cm³/mol. The van der Waals surface area contributed by atoms with Crippen molar-refractivity contribution in [2.45, 2.75) is 29.8 Å². The molecule has 20 heavy (non-hydrogen) atoms. The molecule has 0 saturated carbocycles. The van der Waals surface area contributed by atoms with Crippen LogP contribution in [0.4, 0.5) is 0 Å². The zero-order chi connectivity index (χ0) is 14.5. The van der Waals surface area contributed by atoms with E-state index in [-0.39, 0.29) is 6.04 Å². The van der Waals surface area contributed by atoms with Gasteiger partial charge in [-0.25, -0.2) is 0 Å².